The summed E-state index contributed by atoms with van der Waals surface area (Å²) >= 11 is 0. The Bertz CT molecular complexity index is 760. The van der Waals surface area contributed by atoms with E-state index in [1.54, 1.807) is 10.6 Å². The first kappa shape index (κ1) is 10.7. The summed E-state index contributed by atoms with van der Waals surface area (Å²) in [5.41, 5.74) is 3.07. The van der Waals surface area contributed by atoms with Crippen LogP contribution in [0, 0.1) is 6.92 Å². The van der Waals surface area contributed by atoms with Crippen molar-refractivity contribution >= 4 is 5.65 Å². The summed E-state index contributed by atoms with van der Waals surface area (Å²) in [5.74, 6) is 0. The Morgan fingerprint density at radius 2 is 1.78 bits per heavy atom. The predicted octanol–water partition coefficient (Wildman–Crippen LogP) is 2.67. The highest BCUT2D eigenvalue weighted by Crippen LogP contribution is 2.14. The van der Waals surface area contributed by atoms with Gasteiger partial charge in [-0.15, -0.1) is 0 Å². The van der Waals surface area contributed by atoms with E-state index in [2.05, 4.69) is 4.98 Å². The van der Waals surface area contributed by atoms with Gasteiger partial charge in [0.1, 0.15) is 5.65 Å². The molecule has 1 aromatic carbocycles. The molecule has 3 rings (SSSR count). The number of fused-ring (bicyclic) bond motifs is 1. The first-order valence-electron chi connectivity index (χ1n) is 5.80. The molecule has 0 saturated heterocycles. The van der Waals surface area contributed by atoms with E-state index in [0.717, 1.165) is 11.3 Å². The van der Waals surface area contributed by atoms with Crippen molar-refractivity contribution in [1.29, 1.82) is 0 Å². The van der Waals surface area contributed by atoms with Gasteiger partial charge < -0.3 is 0 Å². The molecule has 0 amide bonds. The summed E-state index contributed by atoms with van der Waals surface area (Å²) in [4.78, 5) is 16.8. The predicted molar refractivity (Wildman–Crippen MR) is 71.6 cm³/mol. The Hall–Kier alpha value is -2.42. The zero-order valence-electron chi connectivity index (χ0n) is 10.00. The molecule has 3 nitrogen and oxygen atoms in total. The van der Waals surface area contributed by atoms with Gasteiger partial charge in [-0.25, -0.2) is 4.98 Å². The monoisotopic (exact) mass is 236 g/mol. The van der Waals surface area contributed by atoms with Crippen molar-refractivity contribution in [3.8, 4) is 11.1 Å². The molecule has 0 atom stereocenters. The normalized spacial score (nSPS) is 10.7. The van der Waals surface area contributed by atoms with Crippen LogP contribution >= 0.6 is 0 Å². The van der Waals surface area contributed by atoms with Gasteiger partial charge in [0.2, 0.25) is 0 Å². The molecule has 0 radical (unpaired) electrons. The third-order valence-electron chi connectivity index (χ3n) is 3.01. The molecule has 2 heterocycles. The summed E-state index contributed by atoms with van der Waals surface area (Å²) in [6, 6.07) is 15.3. The largest absolute Gasteiger partial charge is 0.268 e. The smallest absolute Gasteiger partial charge is 0.265 e. The van der Waals surface area contributed by atoms with E-state index in [4.69, 9.17) is 0 Å². The third kappa shape index (κ3) is 1.61. The second-order valence-corrected chi connectivity index (χ2v) is 4.20. The van der Waals surface area contributed by atoms with Gasteiger partial charge in [-0.3, -0.25) is 9.20 Å². The Morgan fingerprint density at radius 1 is 1.00 bits per heavy atom. The minimum atomic E-state index is -0.0238. The molecule has 0 N–H and O–H groups in total. The van der Waals surface area contributed by atoms with Crippen molar-refractivity contribution in [3.63, 3.8) is 0 Å². The average Bonchev–Trinajstić information content (AvgIpc) is 2.40. The summed E-state index contributed by atoms with van der Waals surface area (Å²) < 4.78 is 1.64. The first-order chi connectivity index (χ1) is 8.77. The van der Waals surface area contributed by atoms with Crippen LogP contribution in [0.3, 0.4) is 0 Å². The number of rotatable bonds is 1. The quantitative estimate of drug-likeness (QED) is 0.651. The number of aromatic nitrogens is 2. The van der Waals surface area contributed by atoms with Crippen molar-refractivity contribution in [1.82, 2.24) is 9.38 Å². The van der Waals surface area contributed by atoms with E-state index in [-0.39, 0.29) is 5.56 Å². The highest BCUT2D eigenvalue weighted by atomic mass is 16.1. The van der Waals surface area contributed by atoms with Gasteiger partial charge in [0.25, 0.3) is 5.56 Å². The molecular formula is C15H12N2O. The highest BCUT2D eigenvalue weighted by Gasteiger charge is 2.07. The van der Waals surface area contributed by atoms with Gasteiger partial charge in [-0.05, 0) is 24.6 Å². The lowest BCUT2D eigenvalue weighted by molar-refractivity contribution is 0.994. The topological polar surface area (TPSA) is 34.4 Å². The van der Waals surface area contributed by atoms with Crippen LogP contribution in [0.2, 0.25) is 0 Å². The lowest BCUT2D eigenvalue weighted by atomic mass is 10.1. The molecule has 0 fully saturated rings. The molecule has 3 heteroatoms. The maximum Gasteiger partial charge on any atom is 0.265 e. The van der Waals surface area contributed by atoms with Crippen LogP contribution in [0.15, 0.2) is 59.5 Å². The van der Waals surface area contributed by atoms with Crippen LogP contribution in [0.25, 0.3) is 16.8 Å². The zero-order chi connectivity index (χ0) is 12.5. The molecule has 88 valence electrons. The molecule has 0 bridgehead atoms. The second kappa shape index (κ2) is 4.11. The highest BCUT2D eigenvalue weighted by molar-refractivity contribution is 5.62. The van der Waals surface area contributed by atoms with Gasteiger partial charge in [-0.1, -0.05) is 36.4 Å². The van der Waals surface area contributed by atoms with Crippen molar-refractivity contribution in [2.24, 2.45) is 0 Å². The average molecular weight is 236 g/mol. The maximum absolute atomic E-state index is 12.5. The van der Waals surface area contributed by atoms with Gasteiger partial charge in [-0.2, -0.15) is 0 Å². The number of hydrogen-bond donors (Lipinski definition) is 0. The number of aryl methyl sites for hydroxylation is 1. The van der Waals surface area contributed by atoms with Crippen LogP contribution in [0.1, 0.15) is 5.69 Å². The Kier molecular flexibility index (Phi) is 2.45. The van der Waals surface area contributed by atoms with E-state index in [1.807, 2.05) is 55.5 Å². The lowest BCUT2D eigenvalue weighted by Crippen LogP contribution is -2.18. The van der Waals surface area contributed by atoms with Gasteiger partial charge >= 0.3 is 0 Å². The summed E-state index contributed by atoms with van der Waals surface area (Å²) in [7, 11) is 0. The molecule has 0 aliphatic rings. The molecule has 2 aromatic heterocycles. The van der Waals surface area contributed by atoms with Gasteiger partial charge in [0.15, 0.2) is 0 Å². The van der Waals surface area contributed by atoms with Crippen LogP contribution < -0.4 is 5.56 Å². The van der Waals surface area contributed by atoms with E-state index in [0.29, 0.717) is 11.2 Å². The van der Waals surface area contributed by atoms with Crippen molar-refractivity contribution in [2.45, 2.75) is 6.92 Å². The van der Waals surface area contributed by atoms with E-state index < -0.39 is 0 Å². The van der Waals surface area contributed by atoms with Crippen LogP contribution in [0.5, 0.6) is 0 Å². The summed E-state index contributed by atoms with van der Waals surface area (Å²) in [6.07, 6.45) is 1.65. The molecule has 0 aliphatic heterocycles. The number of benzene rings is 1. The minimum absolute atomic E-state index is 0.0238. The maximum atomic E-state index is 12.5. The van der Waals surface area contributed by atoms with E-state index in [1.165, 1.54) is 0 Å². The third-order valence-corrected chi connectivity index (χ3v) is 3.01. The molecule has 3 aromatic rings. The van der Waals surface area contributed by atoms with Gasteiger partial charge in [0, 0.05) is 11.9 Å². The molecule has 18 heavy (non-hydrogen) atoms. The van der Waals surface area contributed by atoms with Crippen LogP contribution in [0.4, 0.5) is 0 Å². The fourth-order valence-corrected chi connectivity index (χ4v) is 2.09. The second-order valence-electron chi connectivity index (χ2n) is 4.20. The Balaban J connectivity index is 2.37. The molecule has 0 unspecified atom stereocenters. The first-order valence-corrected chi connectivity index (χ1v) is 5.80. The minimum Gasteiger partial charge on any atom is -0.268 e. The van der Waals surface area contributed by atoms with Gasteiger partial charge in [0.05, 0.1) is 5.56 Å². The van der Waals surface area contributed by atoms with E-state index >= 15 is 0 Å². The number of hydrogen-bond acceptors (Lipinski definition) is 2. The Morgan fingerprint density at radius 3 is 2.56 bits per heavy atom. The molecular weight excluding hydrogens is 224 g/mol. The molecule has 0 saturated carbocycles. The van der Waals surface area contributed by atoms with Crippen molar-refractivity contribution in [3.05, 3.63) is 70.8 Å². The summed E-state index contributed by atoms with van der Waals surface area (Å²) in [5, 5.41) is 0. The lowest BCUT2D eigenvalue weighted by Gasteiger charge is -2.06. The van der Waals surface area contributed by atoms with Crippen LogP contribution in [-0.4, -0.2) is 9.38 Å². The fourth-order valence-electron chi connectivity index (χ4n) is 2.09. The Labute approximate surface area is 104 Å². The SMILES string of the molecule is Cc1cccc2ncc(-c3ccccc3)c(=O)n12. The van der Waals surface area contributed by atoms with Crippen molar-refractivity contribution in [2.75, 3.05) is 0 Å². The van der Waals surface area contributed by atoms with Crippen molar-refractivity contribution < 1.29 is 0 Å². The number of nitrogens with zero attached hydrogens (tertiary/aromatic N) is 2. The summed E-state index contributed by atoms with van der Waals surface area (Å²) in [6.45, 7) is 1.91. The van der Waals surface area contributed by atoms with Crippen LogP contribution in [-0.2, 0) is 0 Å². The fraction of sp³-hybridized carbons (Fsp3) is 0.0667. The van der Waals surface area contributed by atoms with E-state index in [9.17, 15) is 4.79 Å². The molecule has 0 spiro atoms. The standard InChI is InChI=1S/C15H12N2O/c1-11-6-5-9-14-16-10-13(15(18)17(11)14)12-7-3-2-4-8-12/h2-10H,1H3. The molecule has 0 aliphatic carbocycles. The zero-order valence-corrected chi connectivity index (χ0v) is 10.00. The number of pyridine rings is 1.